The van der Waals surface area contributed by atoms with E-state index in [1.807, 2.05) is 39.0 Å². The smallest absolute Gasteiger partial charge is 0.319 e. The number of carbonyl (C=O) groups is 2. The molecule has 3 amide bonds. The molecule has 122 valence electrons. The Kier molecular flexibility index (Phi) is 5.36. The van der Waals surface area contributed by atoms with Gasteiger partial charge in [-0.15, -0.1) is 11.3 Å². The van der Waals surface area contributed by atoms with Gasteiger partial charge in [0.1, 0.15) is 0 Å². The molecule has 6 nitrogen and oxygen atoms in total. The summed E-state index contributed by atoms with van der Waals surface area (Å²) in [6.07, 6.45) is 0. The van der Waals surface area contributed by atoms with Gasteiger partial charge in [0.15, 0.2) is 0 Å². The highest BCUT2D eigenvalue weighted by Gasteiger charge is 2.15. The number of para-hydroxylation sites is 1. The lowest BCUT2D eigenvalue weighted by molar-refractivity contribution is 0.0711. The highest BCUT2D eigenvalue weighted by Crippen LogP contribution is 2.24. The van der Waals surface area contributed by atoms with Crippen LogP contribution in [0.25, 0.3) is 0 Å². The van der Waals surface area contributed by atoms with Crippen LogP contribution in [-0.4, -0.2) is 17.1 Å². The Morgan fingerprint density at radius 1 is 1.13 bits per heavy atom. The minimum absolute atomic E-state index is 0.260. The predicted molar refractivity (Wildman–Crippen MR) is 90.1 cm³/mol. The van der Waals surface area contributed by atoms with Crippen LogP contribution in [0.4, 0.5) is 10.5 Å². The highest BCUT2D eigenvalue weighted by atomic mass is 32.1. The Hall–Kier alpha value is -2.38. The van der Waals surface area contributed by atoms with Gasteiger partial charge in [0.25, 0.3) is 5.91 Å². The lowest BCUT2D eigenvalue weighted by atomic mass is 10.1. The summed E-state index contributed by atoms with van der Waals surface area (Å²) >= 11 is 1.21. The Bertz CT molecular complexity index is 707. The first-order valence-corrected chi connectivity index (χ1v) is 7.92. The van der Waals surface area contributed by atoms with Crippen molar-refractivity contribution in [3.05, 3.63) is 51.2 Å². The molecule has 1 aromatic carbocycles. The summed E-state index contributed by atoms with van der Waals surface area (Å²) in [6.45, 7) is 5.70. The van der Waals surface area contributed by atoms with Crippen LogP contribution in [0.2, 0.25) is 0 Å². The molecule has 2 aromatic rings. The summed E-state index contributed by atoms with van der Waals surface area (Å²) in [4.78, 5) is 24.7. The lowest BCUT2D eigenvalue weighted by Gasteiger charge is -2.15. The maximum absolute atomic E-state index is 12.2. The number of rotatable bonds is 4. The number of urea groups is 1. The third-order valence-electron chi connectivity index (χ3n) is 3.45. The summed E-state index contributed by atoms with van der Waals surface area (Å²) in [5.41, 5.74) is 4.37. The second-order valence-electron chi connectivity index (χ2n) is 5.23. The fourth-order valence-corrected chi connectivity index (χ4v) is 3.09. The Labute approximate surface area is 138 Å². The summed E-state index contributed by atoms with van der Waals surface area (Å²) in [6, 6.07) is 8.60. The van der Waals surface area contributed by atoms with Gasteiger partial charge in [-0.1, -0.05) is 18.2 Å². The van der Waals surface area contributed by atoms with Crippen molar-refractivity contribution in [1.29, 1.82) is 0 Å². The molecular formula is C16H19N3O3S. The van der Waals surface area contributed by atoms with E-state index in [9.17, 15) is 9.59 Å². The molecule has 0 aliphatic heterocycles. The maximum Gasteiger partial charge on any atom is 0.319 e. The molecule has 1 atom stereocenters. The number of hydrogen-bond acceptors (Lipinski definition) is 4. The van der Waals surface area contributed by atoms with E-state index in [2.05, 4.69) is 10.6 Å². The molecule has 2 rings (SSSR count). The summed E-state index contributed by atoms with van der Waals surface area (Å²) in [5, 5.41) is 14.3. The average Bonchev–Trinajstić information content (AvgIpc) is 3.00. The number of aryl methyl sites for hydroxylation is 2. The molecule has 0 fully saturated rings. The largest absolute Gasteiger partial charge is 0.331 e. The van der Waals surface area contributed by atoms with Gasteiger partial charge in [-0.05, 0) is 44.0 Å². The summed E-state index contributed by atoms with van der Waals surface area (Å²) in [7, 11) is 0. The van der Waals surface area contributed by atoms with Crippen LogP contribution in [0.15, 0.2) is 30.3 Å². The number of thiophene rings is 1. The van der Waals surface area contributed by atoms with Crippen molar-refractivity contribution in [2.45, 2.75) is 26.8 Å². The van der Waals surface area contributed by atoms with Crippen LogP contribution in [-0.2, 0) is 0 Å². The zero-order chi connectivity index (χ0) is 17.0. The molecule has 0 saturated carbocycles. The van der Waals surface area contributed by atoms with Crippen molar-refractivity contribution in [3.63, 3.8) is 0 Å². The first-order valence-electron chi connectivity index (χ1n) is 7.10. The predicted octanol–water partition coefficient (Wildman–Crippen LogP) is 3.37. The molecule has 0 radical (unpaired) electrons. The number of hydroxylamine groups is 1. The lowest BCUT2D eigenvalue weighted by Crippen LogP contribution is -2.31. The summed E-state index contributed by atoms with van der Waals surface area (Å²) < 4.78 is 0. The van der Waals surface area contributed by atoms with Crippen LogP contribution in [0.1, 0.15) is 38.6 Å². The highest BCUT2D eigenvalue weighted by molar-refractivity contribution is 7.14. The first-order chi connectivity index (χ1) is 10.9. The number of anilines is 1. The van der Waals surface area contributed by atoms with E-state index < -0.39 is 5.91 Å². The van der Waals surface area contributed by atoms with Crippen LogP contribution in [0.5, 0.6) is 0 Å². The van der Waals surface area contributed by atoms with Gasteiger partial charge >= 0.3 is 6.03 Å². The second-order valence-corrected chi connectivity index (χ2v) is 6.35. The van der Waals surface area contributed by atoms with E-state index in [4.69, 9.17) is 5.21 Å². The molecule has 0 spiro atoms. The van der Waals surface area contributed by atoms with Crippen molar-refractivity contribution >= 4 is 29.0 Å². The van der Waals surface area contributed by atoms with Crippen LogP contribution in [0.3, 0.4) is 0 Å². The zero-order valence-electron chi connectivity index (χ0n) is 13.1. The minimum atomic E-state index is -0.562. The first kappa shape index (κ1) is 17.0. The number of amides is 3. The van der Waals surface area contributed by atoms with E-state index in [1.54, 1.807) is 17.6 Å². The van der Waals surface area contributed by atoms with Crippen LogP contribution in [0, 0.1) is 13.8 Å². The molecule has 0 saturated heterocycles. The SMILES string of the molecule is Cc1cccc(C)c1NC(=O)NC(C)c1ccc(C(=O)NO)s1. The fraction of sp³-hybridized carbons (Fsp3) is 0.250. The maximum atomic E-state index is 12.2. The molecule has 23 heavy (non-hydrogen) atoms. The van der Waals surface area contributed by atoms with Crippen molar-refractivity contribution in [2.24, 2.45) is 0 Å². The van der Waals surface area contributed by atoms with E-state index in [0.29, 0.717) is 4.88 Å². The van der Waals surface area contributed by atoms with E-state index in [0.717, 1.165) is 21.7 Å². The van der Waals surface area contributed by atoms with Crippen molar-refractivity contribution < 1.29 is 14.8 Å². The van der Waals surface area contributed by atoms with Gasteiger partial charge in [-0.3, -0.25) is 10.0 Å². The Balaban J connectivity index is 2.02. The van der Waals surface area contributed by atoms with Gasteiger partial charge in [-0.2, -0.15) is 0 Å². The third-order valence-corrected chi connectivity index (χ3v) is 4.71. The average molecular weight is 333 g/mol. The second kappa shape index (κ2) is 7.26. The topological polar surface area (TPSA) is 90.5 Å². The van der Waals surface area contributed by atoms with E-state index in [1.165, 1.54) is 11.3 Å². The number of nitrogens with one attached hydrogen (secondary N) is 3. The van der Waals surface area contributed by atoms with E-state index >= 15 is 0 Å². The standard InChI is InChI=1S/C16H19N3O3S/c1-9-5-4-6-10(2)14(9)18-16(21)17-11(3)12-7-8-13(23-12)15(20)19-22/h4-8,11,22H,1-3H3,(H,19,20)(H2,17,18,21). The number of carbonyl (C=O) groups excluding carboxylic acids is 2. The third kappa shape index (κ3) is 4.08. The van der Waals surface area contributed by atoms with E-state index in [-0.39, 0.29) is 12.1 Å². The normalized spacial score (nSPS) is 11.7. The monoisotopic (exact) mass is 333 g/mol. The molecule has 1 unspecified atom stereocenters. The molecule has 0 aliphatic carbocycles. The molecule has 0 aliphatic rings. The van der Waals surface area contributed by atoms with Crippen molar-refractivity contribution in [3.8, 4) is 0 Å². The molecule has 4 N–H and O–H groups in total. The molecule has 1 aromatic heterocycles. The Morgan fingerprint density at radius 2 is 1.78 bits per heavy atom. The van der Waals surface area contributed by atoms with Gasteiger partial charge in [0, 0.05) is 10.6 Å². The van der Waals surface area contributed by atoms with Gasteiger partial charge in [0.2, 0.25) is 0 Å². The minimum Gasteiger partial charge on any atom is -0.331 e. The van der Waals surface area contributed by atoms with Gasteiger partial charge in [-0.25, -0.2) is 10.3 Å². The number of benzene rings is 1. The quantitative estimate of drug-likeness (QED) is 0.511. The molecular weight excluding hydrogens is 314 g/mol. The molecule has 1 heterocycles. The Morgan fingerprint density at radius 3 is 2.39 bits per heavy atom. The fourth-order valence-electron chi connectivity index (χ4n) is 2.19. The molecule has 7 heteroatoms. The van der Waals surface area contributed by atoms with Gasteiger partial charge in [0.05, 0.1) is 10.9 Å². The molecule has 0 bridgehead atoms. The van der Waals surface area contributed by atoms with Crippen molar-refractivity contribution in [2.75, 3.05) is 5.32 Å². The van der Waals surface area contributed by atoms with Crippen LogP contribution >= 0.6 is 11.3 Å². The zero-order valence-corrected chi connectivity index (χ0v) is 14.0. The van der Waals surface area contributed by atoms with Crippen LogP contribution < -0.4 is 16.1 Å². The van der Waals surface area contributed by atoms with Crippen molar-refractivity contribution in [1.82, 2.24) is 10.8 Å². The number of hydrogen-bond donors (Lipinski definition) is 4. The summed E-state index contributed by atoms with van der Waals surface area (Å²) in [5.74, 6) is -0.562. The van der Waals surface area contributed by atoms with Gasteiger partial charge < -0.3 is 10.6 Å².